The Morgan fingerprint density at radius 3 is 2.44 bits per heavy atom. The lowest BCUT2D eigenvalue weighted by Crippen LogP contribution is -2.40. The number of rotatable bonds is 6. The number of hydrogen-bond donors (Lipinski definition) is 2. The van der Waals surface area contributed by atoms with Gasteiger partial charge >= 0.3 is 0 Å². The highest BCUT2D eigenvalue weighted by Crippen LogP contribution is 2.32. The van der Waals surface area contributed by atoms with Crippen LogP contribution in [-0.4, -0.2) is 24.3 Å². The Kier molecular flexibility index (Phi) is 8.02. The van der Waals surface area contributed by atoms with Gasteiger partial charge < -0.3 is 15.2 Å². The number of benzene rings is 4. The summed E-state index contributed by atoms with van der Waals surface area (Å²) in [6.45, 7) is 4.31. The molecule has 2 N–H and O–H groups in total. The third-order valence-corrected chi connectivity index (χ3v) is 6.77. The van der Waals surface area contributed by atoms with E-state index in [-0.39, 0.29) is 18.5 Å². The van der Waals surface area contributed by atoms with Crippen molar-refractivity contribution >= 4 is 23.2 Å². The number of nitrogens with one attached hydrogen (secondary N) is 1. The zero-order valence-electron chi connectivity index (χ0n) is 19.5. The number of ether oxygens (including phenoxy) is 1. The monoisotopic (exact) mass is 473 g/mol. The normalized spacial score (nSPS) is 18.9. The first kappa shape index (κ1) is 24.4. The molecule has 1 heterocycles. The lowest BCUT2D eigenvalue weighted by atomic mass is 9.86. The lowest BCUT2D eigenvalue weighted by molar-refractivity contribution is 0.0107. The minimum Gasteiger partial charge on any atom is -0.389 e. The van der Waals surface area contributed by atoms with Crippen molar-refractivity contribution in [2.45, 2.75) is 38.1 Å². The van der Waals surface area contributed by atoms with Crippen molar-refractivity contribution in [2.75, 3.05) is 13.1 Å². The van der Waals surface area contributed by atoms with Gasteiger partial charge in [0.15, 0.2) is 0 Å². The van der Waals surface area contributed by atoms with E-state index >= 15 is 0 Å². The summed E-state index contributed by atoms with van der Waals surface area (Å²) in [6.07, 6.45) is 0.713. The molecule has 0 aliphatic carbocycles. The SMILES string of the molecule is CC(O)c1ccccc1-c1ccc(C2CCNCC2OCc2ccc3ccccc3c2)cc1.Cl. The van der Waals surface area contributed by atoms with Crippen molar-refractivity contribution in [3.63, 3.8) is 0 Å². The van der Waals surface area contributed by atoms with Gasteiger partial charge in [0.05, 0.1) is 18.8 Å². The third-order valence-electron chi connectivity index (χ3n) is 6.77. The van der Waals surface area contributed by atoms with E-state index < -0.39 is 6.10 Å². The summed E-state index contributed by atoms with van der Waals surface area (Å²) in [7, 11) is 0. The van der Waals surface area contributed by atoms with E-state index in [1.807, 2.05) is 25.1 Å². The van der Waals surface area contributed by atoms with Crippen molar-refractivity contribution in [3.8, 4) is 11.1 Å². The number of fused-ring (bicyclic) bond motifs is 1. The lowest BCUT2D eigenvalue weighted by Gasteiger charge is -2.32. The molecular formula is C30H32ClNO2. The maximum Gasteiger partial charge on any atom is 0.0772 e. The molecule has 4 aromatic rings. The van der Waals surface area contributed by atoms with Gasteiger partial charge in [-0.3, -0.25) is 0 Å². The standard InChI is InChI=1S/C30H31NO2.ClH/c1-21(32)27-8-4-5-9-28(27)24-12-14-25(15-13-24)29-16-17-31-19-30(29)33-20-22-10-11-23-6-2-3-7-26(23)18-22;/h2-15,18,21,29-32H,16-17,19-20H2,1H3;1H. The summed E-state index contributed by atoms with van der Waals surface area (Å²) >= 11 is 0. The average Bonchev–Trinajstić information content (AvgIpc) is 2.87. The topological polar surface area (TPSA) is 41.5 Å². The Bertz CT molecular complexity index is 1220. The van der Waals surface area contributed by atoms with Crippen LogP contribution in [0, 0.1) is 0 Å². The van der Waals surface area contributed by atoms with Crippen LogP contribution in [0.3, 0.4) is 0 Å². The first-order chi connectivity index (χ1) is 16.2. The van der Waals surface area contributed by atoms with Crippen LogP contribution in [0.25, 0.3) is 21.9 Å². The number of aliphatic hydroxyl groups excluding tert-OH is 1. The molecule has 34 heavy (non-hydrogen) atoms. The highest BCUT2D eigenvalue weighted by atomic mass is 35.5. The van der Waals surface area contributed by atoms with Crippen molar-refractivity contribution in [1.29, 1.82) is 0 Å². The van der Waals surface area contributed by atoms with Crippen LogP contribution >= 0.6 is 12.4 Å². The molecule has 0 aromatic heterocycles. The molecule has 3 atom stereocenters. The van der Waals surface area contributed by atoms with Crippen LogP contribution < -0.4 is 5.32 Å². The molecule has 0 spiro atoms. The maximum absolute atomic E-state index is 10.1. The summed E-state index contributed by atoms with van der Waals surface area (Å²) in [4.78, 5) is 0. The molecule has 1 saturated heterocycles. The molecule has 0 bridgehead atoms. The second-order valence-corrected chi connectivity index (χ2v) is 9.02. The first-order valence-electron chi connectivity index (χ1n) is 11.9. The van der Waals surface area contributed by atoms with Crippen LogP contribution in [0.15, 0.2) is 91.0 Å². The minimum absolute atomic E-state index is 0. The zero-order chi connectivity index (χ0) is 22.6. The smallest absolute Gasteiger partial charge is 0.0772 e. The molecule has 4 heteroatoms. The largest absolute Gasteiger partial charge is 0.389 e. The highest BCUT2D eigenvalue weighted by molar-refractivity contribution is 5.85. The summed E-state index contributed by atoms with van der Waals surface area (Å²) in [5.41, 5.74) is 5.72. The fourth-order valence-corrected chi connectivity index (χ4v) is 4.95. The van der Waals surface area contributed by atoms with Crippen molar-refractivity contribution in [1.82, 2.24) is 5.32 Å². The van der Waals surface area contributed by atoms with E-state index in [4.69, 9.17) is 4.74 Å². The minimum atomic E-state index is -0.488. The van der Waals surface area contributed by atoms with E-state index in [1.54, 1.807) is 0 Å². The molecule has 176 valence electrons. The molecule has 0 radical (unpaired) electrons. The van der Waals surface area contributed by atoms with Crippen LogP contribution in [0.4, 0.5) is 0 Å². The first-order valence-corrected chi connectivity index (χ1v) is 11.9. The van der Waals surface area contributed by atoms with Crippen molar-refractivity contribution in [3.05, 3.63) is 108 Å². The van der Waals surface area contributed by atoms with Gasteiger partial charge in [-0.15, -0.1) is 12.4 Å². The average molecular weight is 474 g/mol. The van der Waals surface area contributed by atoms with Gasteiger partial charge in [0.25, 0.3) is 0 Å². The fourth-order valence-electron chi connectivity index (χ4n) is 4.95. The predicted molar refractivity (Wildman–Crippen MR) is 143 cm³/mol. The quantitative estimate of drug-likeness (QED) is 0.329. The second-order valence-electron chi connectivity index (χ2n) is 9.02. The summed E-state index contributed by atoms with van der Waals surface area (Å²) in [6, 6.07) is 31.9. The molecule has 1 fully saturated rings. The molecule has 1 aliphatic heterocycles. The van der Waals surface area contributed by atoms with E-state index in [0.717, 1.165) is 36.2 Å². The molecule has 5 rings (SSSR count). The predicted octanol–water partition coefficient (Wildman–Crippen LogP) is 6.64. The highest BCUT2D eigenvalue weighted by Gasteiger charge is 2.27. The Morgan fingerprint density at radius 1 is 0.912 bits per heavy atom. The fraction of sp³-hybridized carbons (Fsp3) is 0.267. The van der Waals surface area contributed by atoms with E-state index in [1.165, 1.54) is 21.9 Å². The Balaban J connectivity index is 0.00000274. The van der Waals surface area contributed by atoms with Crippen molar-refractivity contribution in [2.24, 2.45) is 0 Å². The number of halogens is 1. The molecule has 1 aliphatic rings. The number of piperidine rings is 1. The van der Waals surface area contributed by atoms with E-state index in [9.17, 15) is 5.11 Å². The van der Waals surface area contributed by atoms with Crippen LogP contribution in [-0.2, 0) is 11.3 Å². The van der Waals surface area contributed by atoms with Crippen LogP contribution in [0.1, 0.15) is 42.1 Å². The molecule has 3 nitrogen and oxygen atoms in total. The Morgan fingerprint density at radius 2 is 1.65 bits per heavy atom. The third kappa shape index (κ3) is 5.34. The van der Waals surface area contributed by atoms with Gasteiger partial charge in [0.2, 0.25) is 0 Å². The molecular weight excluding hydrogens is 442 g/mol. The van der Waals surface area contributed by atoms with Gasteiger partial charge in [0, 0.05) is 12.5 Å². The molecule has 3 unspecified atom stereocenters. The number of aliphatic hydroxyl groups is 1. The molecule has 0 amide bonds. The van der Waals surface area contributed by atoms with E-state index in [0.29, 0.717) is 12.5 Å². The van der Waals surface area contributed by atoms with Gasteiger partial charge in [-0.25, -0.2) is 0 Å². The van der Waals surface area contributed by atoms with Crippen LogP contribution in [0.2, 0.25) is 0 Å². The van der Waals surface area contributed by atoms with Gasteiger partial charge in [-0.05, 0) is 64.5 Å². The summed E-state index contributed by atoms with van der Waals surface area (Å²) < 4.78 is 6.45. The zero-order valence-corrected chi connectivity index (χ0v) is 20.3. The number of hydrogen-bond acceptors (Lipinski definition) is 3. The van der Waals surface area contributed by atoms with Gasteiger partial charge in [-0.2, -0.15) is 0 Å². The maximum atomic E-state index is 10.1. The summed E-state index contributed by atoms with van der Waals surface area (Å²) in [5.74, 6) is 0.368. The molecule has 4 aromatic carbocycles. The van der Waals surface area contributed by atoms with Crippen LogP contribution in [0.5, 0.6) is 0 Å². The second kappa shape index (κ2) is 11.2. The van der Waals surface area contributed by atoms with E-state index in [2.05, 4.69) is 78.1 Å². The van der Waals surface area contributed by atoms with Gasteiger partial charge in [0.1, 0.15) is 0 Å². The summed E-state index contributed by atoms with van der Waals surface area (Å²) in [5, 5.41) is 16.2. The molecule has 0 saturated carbocycles. The Hall–Kier alpha value is -2.69. The van der Waals surface area contributed by atoms with Crippen molar-refractivity contribution < 1.29 is 9.84 Å². The van der Waals surface area contributed by atoms with Gasteiger partial charge in [-0.1, -0.05) is 84.9 Å². The Labute approximate surface area is 208 Å².